The van der Waals surface area contributed by atoms with Crippen LogP contribution >= 0.6 is 15.9 Å². The van der Waals surface area contributed by atoms with Crippen LogP contribution in [0.4, 0.5) is 10.5 Å². The number of para-hydroxylation sites is 1. The Morgan fingerprint density at radius 3 is 2.47 bits per heavy atom. The van der Waals surface area contributed by atoms with Crippen molar-refractivity contribution in [2.75, 3.05) is 4.90 Å². The first-order chi connectivity index (χ1) is 8.64. The minimum Gasteiger partial charge on any atom is -0.443 e. The molecule has 1 unspecified atom stereocenters. The summed E-state index contributed by atoms with van der Waals surface area (Å²) in [5, 5.41) is 0. The number of hydrogen-bond donors (Lipinski definition) is 0. The van der Waals surface area contributed by atoms with Crippen LogP contribution in [0.3, 0.4) is 0 Å². The van der Waals surface area contributed by atoms with Gasteiger partial charge in [0.05, 0.1) is 5.69 Å². The van der Waals surface area contributed by atoms with E-state index in [2.05, 4.69) is 35.8 Å². The normalized spacial score (nSPS) is 21.2. The summed E-state index contributed by atoms with van der Waals surface area (Å²) in [6.45, 7) is 9.87. The van der Waals surface area contributed by atoms with Gasteiger partial charge in [-0.2, -0.15) is 0 Å². The molecule has 1 aliphatic heterocycles. The first kappa shape index (κ1) is 14.4. The van der Waals surface area contributed by atoms with E-state index in [-0.39, 0.29) is 16.5 Å². The molecule has 1 aliphatic rings. The van der Waals surface area contributed by atoms with E-state index < -0.39 is 5.60 Å². The van der Waals surface area contributed by atoms with Gasteiger partial charge in [0.25, 0.3) is 0 Å². The standard InChI is InChI=1S/C15H20BrNO2/c1-14(2,3)19-13(18)17-11-9-7-6-8-10(11)15(4,5)12(17)16/h6-9,12H,1-5H3. The summed E-state index contributed by atoms with van der Waals surface area (Å²) in [4.78, 5) is 14.0. The molecule has 0 fully saturated rings. The van der Waals surface area contributed by atoms with Crippen molar-refractivity contribution in [3.8, 4) is 0 Å². The predicted molar refractivity (Wildman–Crippen MR) is 80.9 cm³/mol. The zero-order chi connectivity index (χ0) is 14.4. The van der Waals surface area contributed by atoms with E-state index in [4.69, 9.17) is 4.74 Å². The number of ether oxygens (including phenoxy) is 1. The maximum atomic E-state index is 12.4. The summed E-state index contributed by atoms with van der Waals surface area (Å²) in [6.07, 6.45) is -0.313. The van der Waals surface area contributed by atoms with Crippen molar-refractivity contribution in [1.29, 1.82) is 0 Å². The Hall–Kier alpha value is -1.03. The lowest BCUT2D eigenvalue weighted by molar-refractivity contribution is 0.0575. The molecule has 19 heavy (non-hydrogen) atoms. The number of carbonyl (C=O) groups excluding carboxylic acids is 1. The lowest BCUT2D eigenvalue weighted by Crippen LogP contribution is -2.43. The third kappa shape index (κ3) is 2.50. The number of anilines is 1. The Bertz CT molecular complexity index is 505. The lowest BCUT2D eigenvalue weighted by Gasteiger charge is -2.30. The van der Waals surface area contributed by atoms with Crippen LogP contribution in [-0.2, 0) is 10.2 Å². The van der Waals surface area contributed by atoms with Crippen molar-refractivity contribution >= 4 is 27.7 Å². The van der Waals surface area contributed by atoms with Gasteiger partial charge in [0.2, 0.25) is 0 Å². The highest BCUT2D eigenvalue weighted by atomic mass is 79.9. The van der Waals surface area contributed by atoms with Gasteiger partial charge in [-0.25, -0.2) is 4.79 Å². The van der Waals surface area contributed by atoms with Crippen molar-refractivity contribution < 1.29 is 9.53 Å². The van der Waals surface area contributed by atoms with E-state index >= 15 is 0 Å². The van der Waals surface area contributed by atoms with E-state index in [1.54, 1.807) is 4.90 Å². The zero-order valence-corrected chi connectivity index (χ0v) is 13.6. The van der Waals surface area contributed by atoms with Gasteiger partial charge in [0.1, 0.15) is 10.6 Å². The number of fused-ring (bicyclic) bond motifs is 1. The van der Waals surface area contributed by atoms with Gasteiger partial charge >= 0.3 is 6.09 Å². The van der Waals surface area contributed by atoms with Gasteiger partial charge < -0.3 is 4.74 Å². The maximum absolute atomic E-state index is 12.4. The molecule has 0 spiro atoms. The molecule has 1 heterocycles. The quantitative estimate of drug-likeness (QED) is 0.521. The average Bonchev–Trinajstić information content (AvgIpc) is 2.46. The largest absolute Gasteiger partial charge is 0.443 e. The second-order valence-electron chi connectivity index (χ2n) is 6.42. The number of amides is 1. The molecule has 0 saturated carbocycles. The van der Waals surface area contributed by atoms with Crippen LogP contribution in [0, 0.1) is 0 Å². The minimum atomic E-state index is -0.495. The molecule has 0 aromatic heterocycles. The number of hydrogen-bond acceptors (Lipinski definition) is 2. The lowest BCUT2D eigenvalue weighted by atomic mass is 9.87. The van der Waals surface area contributed by atoms with Crippen LogP contribution in [0.15, 0.2) is 24.3 Å². The predicted octanol–water partition coefficient (Wildman–Crippen LogP) is 4.44. The number of alkyl halides is 1. The Balaban J connectivity index is 2.40. The molecule has 0 radical (unpaired) electrons. The fourth-order valence-corrected chi connectivity index (χ4v) is 2.94. The SMILES string of the molecule is CC(C)(C)OC(=O)N1c2ccccc2C(C)(C)C1Br. The number of nitrogens with zero attached hydrogens (tertiary/aromatic N) is 1. The van der Waals surface area contributed by atoms with Crippen molar-refractivity contribution in [3.05, 3.63) is 29.8 Å². The summed E-state index contributed by atoms with van der Waals surface area (Å²) >= 11 is 3.64. The van der Waals surface area contributed by atoms with Crippen LogP contribution < -0.4 is 4.90 Å². The van der Waals surface area contributed by atoms with Gasteiger partial charge in [-0.15, -0.1) is 0 Å². The van der Waals surface area contributed by atoms with E-state index in [0.717, 1.165) is 11.3 Å². The molecule has 0 bridgehead atoms. The molecule has 1 aromatic rings. The van der Waals surface area contributed by atoms with Gasteiger partial charge in [-0.1, -0.05) is 48.0 Å². The van der Waals surface area contributed by atoms with Crippen LogP contribution in [0.1, 0.15) is 40.2 Å². The Kier molecular flexibility index (Phi) is 3.42. The molecule has 3 nitrogen and oxygen atoms in total. The summed E-state index contributed by atoms with van der Waals surface area (Å²) in [5.74, 6) is 0. The Morgan fingerprint density at radius 1 is 1.32 bits per heavy atom. The molecule has 2 rings (SSSR count). The van der Waals surface area contributed by atoms with Crippen LogP contribution in [-0.4, -0.2) is 16.6 Å². The van der Waals surface area contributed by atoms with E-state index in [1.165, 1.54) is 0 Å². The number of rotatable bonds is 0. The fourth-order valence-electron chi connectivity index (χ4n) is 2.30. The molecule has 104 valence electrons. The molecule has 0 saturated heterocycles. The number of halogens is 1. The topological polar surface area (TPSA) is 29.5 Å². The molecule has 1 atom stereocenters. The van der Waals surface area contributed by atoms with E-state index in [1.807, 2.05) is 39.0 Å². The van der Waals surface area contributed by atoms with Crippen molar-refractivity contribution in [1.82, 2.24) is 0 Å². The van der Waals surface area contributed by atoms with Crippen LogP contribution in [0.2, 0.25) is 0 Å². The van der Waals surface area contributed by atoms with Crippen LogP contribution in [0.5, 0.6) is 0 Å². The van der Waals surface area contributed by atoms with Crippen LogP contribution in [0.25, 0.3) is 0 Å². The second kappa shape index (κ2) is 4.51. The highest BCUT2D eigenvalue weighted by Gasteiger charge is 2.46. The van der Waals surface area contributed by atoms with Gasteiger partial charge in [-0.3, -0.25) is 4.90 Å². The van der Waals surface area contributed by atoms with E-state index in [0.29, 0.717) is 0 Å². The Labute approximate surface area is 123 Å². The number of benzene rings is 1. The highest BCUT2D eigenvalue weighted by molar-refractivity contribution is 9.09. The van der Waals surface area contributed by atoms with Crippen molar-refractivity contribution in [3.63, 3.8) is 0 Å². The smallest absolute Gasteiger partial charge is 0.415 e. The summed E-state index contributed by atoms with van der Waals surface area (Å²) in [5.41, 5.74) is 1.44. The molecular formula is C15H20BrNO2. The maximum Gasteiger partial charge on any atom is 0.415 e. The average molecular weight is 326 g/mol. The highest BCUT2D eigenvalue weighted by Crippen LogP contribution is 2.47. The van der Waals surface area contributed by atoms with Gasteiger partial charge in [-0.05, 0) is 32.4 Å². The second-order valence-corrected chi connectivity index (χ2v) is 7.29. The summed E-state index contributed by atoms with van der Waals surface area (Å²) in [6, 6.07) is 7.96. The molecule has 1 aromatic carbocycles. The third-order valence-electron chi connectivity index (χ3n) is 3.27. The summed E-state index contributed by atoms with van der Waals surface area (Å²) in [7, 11) is 0. The first-order valence-electron chi connectivity index (χ1n) is 6.40. The fraction of sp³-hybridized carbons (Fsp3) is 0.533. The summed E-state index contributed by atoms with van der Waals surface area (Å²) < 4.78 is 5.50. The molecule has 0 N–H and O–H groups in total. The van der Waals surface area contributed by atoms with Crippen molar-refractivity contribution in [2.45, 2.75) is 50.6 Å². The first-order valence-corrected chi connectivity index (χ1v) is 7.32. The van der Waals surface area contributed by atoms with E-state index in [9.17, 15) is 4.79 Å². The zero-order valence-electron chi connectivity index (χ0n) is 12.0. The molecular weight excluding hydrogens is 306 g/mol. The Morgan fingerprint density at radius 2 is 1.89 bits per heavy atom. The van der Waals surface area contributed by atoms with Gasteiger partial charge in [0, 0.05) is 5.41 Å². The third-order valence-corrected chi connectivity index (χ3v) is 4.82. The number of carbonyl (C=O) groups is 1. The molecule has 4 heteroatoms. The molecule has 1 amide bonds. The molecule has 0 aliphatic carbocycles. The van der Waals surface area contributed by atoms with Crippen molar-refractivity contribution in [2.24, 2.45) is 0 Å². The minimum absolute atomic E-state index is 0.104. The van der Waals surface area contributed by atoms with Gasteiger partial charge in [0.15, 0.2) is 0 Å². The monoisotopic (exact) mass is 325 g/mol.